The number of nitrogens with zero attached hydrogens (tertiary/aromatic N) is 1. The maximum absolute atomic E-state index is 12.4. The third-order valence-corrected chi connectivity index (χ3v) is 6.88. The topological polar surface area (TPSA) is 78.5 Å². The highest BCUT2D eigenvalue weighted by atomic mass is 32.2. The van der Waals surface area contributed by atoms with Gasteiger partial charge in [0.15, 0.2) is 0 Å². The average molecular weight is 388 g/mol. The van der Waals surface area contributed by atoms with Gasteiger partial charge in [-0.25, -0.2) is 8.42 Å². The molecule has 0 saturated carbocycles. The Balaban J connectivity index is 1.80. The average Bonchev–Trinajstić information content (AvgIpc) is 2.43. The highest BCUT2D eigenvalue weighted by Crippen LogP contribution is 2.34. The molecule has 2 aliphatic rings. The largest absolute Gasteiger partial charge is 0.356 e. The van der Waals surface area contributed by atoms with Gasteiger partial charge in [-0.1, -0.05) is 6.42 Å². The van der Waals surface area contributed by atoms with Crippen molar-refractivity contribution in [2.45, 2.75) is 89.8 Å². The van der Waals surface area contributed by atoms with Gasteiger partial charge in [-0.3, -0.25) is 4.79 Å². The van der Waals surface area contributed by atoms with Crippen molar-refractivity contribution in [3.63, 3.8) is 0 Å². The molecule has 0 aromatic carbocycles. The second kappa shape index (κ2) is 8.15. The Kier molecular flexibility index (Phi) is 6.78. The molecule has 0 aliphatic carbocycles. The first kappa shape index (κ1) is 21.6. The zero-order valence-corrected chi connectivity index (χ0v) is 17.9. The van der Waals surface area contributed by atoms with Crippen molar-refractivity contribution in [2.75, 3.05) is 19.3 Å². The van der Waals surface area contributed by atoms with E-state index in [-0.39, 0.29) is 23.0 Å². The molecule has 0 aromatic heterocycles. The molecule has 2 fully saturated rings. The fraction of sp³-hybridized carbons (Fsp3) is 0.947. The molecular weight excluding hydrogens is 350 g/mol. The number of carbonyl (C=O) groups is 1. The van der Waals surface area contributed by atoms with Crippen molar-refractivity contribution in [2.24, 2.45) is 5.92 Å². The summed E-state index contributed by atoms with van der Waals surface area (Å²) in [6.45, 7) is 9.94. The summed E-state index contributed by atoms with van der Waals surface area (Å²) in [4.78, 5) is 12.4. The molecule has 6 nitrogen and oxygen atoms in total. The van der Waals surface area contributed by atoms with E-state index in [2.05, 4.69) is 38.3 Å². The zero-order valence-electron chi connectivity index (χ0n) is 17.1. The van der Waals surface area contributed by atoms with Gasteiger partial charge < -0.3 is 10.6 Å². The molecule has 2 heterocycles. The third-order valence-electron chi connectivity index (χ3n) is 5.55. The summed E-state index contributed by atoms with van der Waals surface area (Å²) in [5, 5.41) is 6.67. The van der Waals surface area contributed by atoms with Crippen LogP contribution in [0.15, 0.2) is 0 Å². The van der Waals surface area contributed by atoms with E-state index in [0.717, 1.165) is 32.1 Å². The lowest BCUT2D eigenvalue weighted by Gasteiger charge is -2.46. The summed E-state index contributed by atoms with van der Waals surface area (Å²) in [6, 6.07) is 0.0239. The van der Waals surface area contributed by atoms with Gasteiger partial charge in [-0.2, -0.15) is 4.31 Å². The molecule has 2 aliphatic heterocycles. The zero-order chi connectivity index (χ0) is 19.6. The second-order valence-electron chi connectivity index (χ2n) is 9.53. The van der Waals surface area contributed by atoms with Crippen molar-refractivity contribution in [3.8, 4) is 0 Å². The monoisotopic (exact) mass is 387 g/mol. The first-order valence-corrected chi connectivity index (χ1v) is 11.8. The van der Waals surface area contributed by atoms with Gasteiger partial charge in [0.05, 0.1) is 6.26 Å². The third kappa shape index (κ3) is 6.50. The lowest BCUT2D eigenvalue weighted by Crippen LogP contribution is -2.58. The standard InChI is InChI=1S/C19H37N3O3S/c1-18(2)13-15(14-19(3,4)21-18)12-17(23)20-10-9-16-8-6-7-11-22(16)26(5,24)25/h15-16,21H,6-14H2,1-5H3,(H,20,23). The summed E-state index contributed by atoms with van der Waals surface area (Å²) in [6.07, 6.45) is 7.39. The van der Waals surface area contributed by atoms with Crippen LogP contribution in [0.4, 0.5) is 0 Å². The van der Waals surface area contributed by atoms with Crippen molar-refractivity contribution < 1.29 is 13.2 Å². The van der Waals surface area contributed by atoms with Crippen LogP contribution in [0.25, 0.3) is 0 Å². The Labute approximate surface area is 159 Å². The molecule has 1 amide bonds. The van der Waals surface area contributed by atoms with Gasteiger partial charge in [0.2, 0.25) is 15.9 Å². The first-order chi connectivity index (χ1) is 11.9. The van der Waals surface area contributed by atoms with E-state index in [0.29, 0.717) is 31.8 Å². The summed E-state index contributed by atoms with van der Waals surface area (Å²) < 4.78 is 25.4. The van der Waals surface area contributed by atoms with Crippen LogP contribution in [0.3, 0.4) is 0 Å². The summed E-state index contributed by atoms with van der Waals surface area (Å²) in [5.41, 5.74) is 0.0928. The van der Waals surface area contributed by atoms with Gasteiger partial charge in [0, 0.05) is 36.6 Å². The molecule has 0 aromatic rings. The number of sulfonamides is 1. The van der Waals surface area contributed by atoms with Crippen LogP contribution >= 0.6 is 0 Å². The molecule has 26 heavy (non-hydrogen) atoms. The van der Waals surface area contributed by atoms with Gasteiger partial charge in [-0.05, 0) is 65.7 Å². The van der Waals surface area contributed by atoms with E-state index in [4.69, 9.17) is 0 Å². The Bertz CT molecular complexity index is 585. The molecule has 7 heteroatoms. The van der Waals surface area contributed by atoms with Crippen LogP contribution in [0.2, 0.25) is 0 Å². The van der Waals surface area contributed by atoms with E-state index in [9.17, 15) is 13.2 Å². The van der Waals surface area contributed by atoms with Crippen LogP contribution in [0, 0.1) is 5.92 Å². The minimum Gasteiger partial charge on any atom is -0.356 e. The fourth-order valence-corrected chi connectivity index (χ4v) is 6.30. The smallest absolute Gasteiger partial charge is 0.220 e. The van der Waals surface area contributed by atoms with Crippen LogP contribution in [-0.4, -0.2) is 55.1 Å². The Morgan fingerprint density at radius 2 is 1.77 bits per heavy atom. The number of nitrogens with one attached hydrogen (secondary N) is 2. The van der Waals surface area contributed by atoms with Crippen LogP contribution in [0.5, 0.6) is 0 Å². The van der Waals surface area contributed by atoms with Crippen molar-refractivity contribution in [1.29, 1.82) is 0 Å². The maximum Gasteiger partial charge on any atom is 0.220 e. The first-order valence-electron chi connectivity index (χ1n) is 9.91. The van der Waals surface area contributed by atoms with Crippen molar-refractivity contribution in [1.82, 2.24) is 14.9 Å². The van der Waals surface area contributed by atoms with Gasteiger partial charge in [0.25, 0.3) is 0 Å². The summed E-state index contributed by atoms with van der Waals surface area (Å²) in [7, 11) is -3.16. The lowest BCUT2D eigenvalue weighted by atomic mass is 9.74. The molecule has 0 spiro atoms. The van der Waals surface area contributed by atoms with Crippen LogP contribution < -0.4 is 10.6 Å². The molecule has 2 saturated heterocycles. The quantitative estimate of drug-likeness (QED) is 0.733. The number of hydrogen-bond acceptors (Lipinski definition) is 4. The van der Waals surface area contributed by atoms with E-state index in [1.807, 2.05) is 0 Å². The Morgan fingerprint density at radius 3 is 2.35 bits per heavy atom. The van der Waals surface area contributed by atoms with Crippen molar-refractivity contribution >= 4 is 15.9 Å². The van der Waals surface area contributed by atoms with Crippen molar-refractivity contribution in [3.05, 3.63) is 0 Å². The number of carbonyl (C=O) groups excluding carboxylic acids is 1. The van der Waals surface area contributed by atoms with Gasteiger partial charge in [-0.15, -0.1) is 0 Å². The van der Waals surface area contributed by atoms with Crippen LogP contribution in [0.1, 0.15) is 72.6 Å². The normalized spacial score (nSPS) is 27.2. The number of hydrogen-bond donors (Lipinski definition) is 2. The van der Waals surface area contributed by atoms with Gasteiger partial charge in [0.1, 0.15) is 0 Å². The molecule has 0 radical (unpaired) electrons. The number of piperidine rings is 2. The number of amides is 1. The molecular formula is C19H37N3O3S. The van der Waals surface area contributed by atoms with E-state index < -0.39 is 10.0 Å². The fourth-order valence-electron chi connectivity index (χ4n) is 5.09. The molecule has 152 valence electrons. The van der Waals surface area contributed by atoms with E-state index >= 15 is 0 Å². The molecule has 1 atom stereocenters. The SMILES string of the molecule is CC1(C)CC(CC(=O)NCCC2CCCCN2S(C)(=O)=O)CC(C)(C)N1. The molecule has 1 unspecified atom stereocenters. The second-order valence-corrected chi connectivity index (χ2v) is 11.5. The Hall–Kier alpha value is -0.660. The summed E-state index contributed by atoms with van der Waals surface area (Å²) >= 11 is 0. The Morgan fingerprint density at radius 1 is 1.15 bits per heavy atom. The lowest BCUT2D eigenvalue weighted by molar-refractivity contribution is -0.122. The highest BCUT2D eigenvalue weighted by molar-refractivity contribution is 7.88. The molecule has 0 bridgehead atoms. The highest BCUT2D eigenvalue weighted by Gasteiger charge is 2.38. The molecule has 2 rings (SSSR count). The minimum atomic E-state index is -3.16. The minimum absolute atomic E-state index is 0.0239. The van der Waals surface area contributed by atoms with E-state index in [1.165, 1.54) is 6.26 Å². The number of rotatable bonds is 6. The summed E-state index contributed by atoms with van der Waals surface area (Å²) in [5.74, 6) is 0.466. The molecule has 2 N–H and O–H groups in total. The van der Waals surface area contributed by atoms with Gasteiger partial charge >= 0.3 is 0 Å². The predicted molar refractivity (Wildman–Crippen MR) is 105 cm³/mol. The predicted octanol–water partition coefficient (Wildman–Crippen LogP) is 2.25. The van der Waals surface area contributed by atoms with E-state index in [1.54, 1.807) is 4.31 Å². The van der Waals surface area contributed by atoms with Crippen LogP contribution in [-0.2, 0) is 14.8 Å². The maximum atomic E-state index is 12.4.